The fourth-order valence-corrected chi connectivity index (χ4v) is 9.92. The summed E-state index contributed by atoms with van der Waals surface area (Å²) in [6, 6.07) is 0. The van der Waals surface area contributed by atoms with Gasteiger partial charge in [-0.1, -0.05) is 78.4 Å². The van der Waals surface area contributed by atoms with E-state index in [1.54, 1.807) is 5.57 Å². The van der Waals surface area contributed by atoms with E-state index in [0.717, 1.165) is 67.6 Å². The number of hydrogen-bond acceptors (Lipinski definition) is 2. The Balaban J connectivity index is 1.39. The standard InChI is InChI=1S/C33H58O2/c1-23(2)10-9-11-24(3)28-15-16-29-27-14-13-26-22-25(31(35)12-7-6-8-21-34)17-19-32(26,4)30(27)18-20-33(28,29)5/h13,23-25,27-31,34-35H,6-12,14-22H2,1-5H3/t24-,25+,27?,28-,29?,30?,31?,32+,33-/m1/s1. The molecule has 0 aromatic carbocycles. The highest BCUT2D eigenvalue weighted by molar-refractivity contribution is 5.25. The molecular formula is C33H58O2. The van der Waals surface area contributed by atoms with Crippen LogP contribution in [0, 0.1) is 52.3 Å². The van der Waals surface area contributed by atoms with Crippen molar-refractivity contribution in [2.24, 2.45) is 52.3 Å². The molecule has 2 N–H and O–H groups in total. The molecule has 202 valence electrons. The fraction of sp³-hybridized carbons (Fsp3) is 0.939. The summed E-state index contributed by atoms with van der Waals surface area (Å²) in [6.45, 7) is 12.9. The molecule has 4 rings (SSSR count). The molecule has 0 aromatic rings. The van der Waals surface area contributed by atoms with Gasteiger partial charge in [0.25, 0.3) is 0 Å². The monoisotopic (exact) mass is 486 g/mol. The Bertz CT molecular complexity index is 712. The van der Waals surface area contributed by atoms with Crippen molar-refractivity contribution in [1.82, 2.24) is 0 Å². The molecular weight excluding hydrogens is 428 g/mol. The molecule has 0 radical (unpaired) electrons. The average Bonchev–Trinajstić information content (AvgIpc) is 3.18. The summed E-state index contributed by atoms with van der Waals surface area (Å²) in [5, 5.41) is 19.9. The summed E-state index contributed by atoms with van der Waals surface area (Å²) in [4.78, 5) is 0. The van der Waals surface area contributed by atoms with Crippen LogP contribution in [0.3, 0.4) is 0 Å². The molecule has 0 saturated heterocycles. The predicted molar refractivity (Wildman–Crippen MR) is 148 cm³/mol. The zero-order chi connectivity index (χ0) is 25.2. The van der Waals surface area contributed by atoms with Gasteiger partial charge in [-0.05, 0) is 116 Å². The SMILES string of the molecule is CC(C)CCC[C@@H](C)[C@H]1CCC2C3CC=C4C[C@@H](C(O)CCCCCO)CC[C@]4(C)C3CC[C@@]21C. The van der Waals surface area contributed by atoms with Gasteiger partial charge in [-0.25, -0.2) is 0 Å². The van der Waals surface area contributed by atoms with E-state index in [9.17, 15) is 5.11 Å². The van der Waals surface area contributed by atoms with Crippen molar-refractivity contribution >= 4 is 0 Å². The summed E-state index contributed by atoms with van der Waals surface area (Å²) in [5.74, 6) is 5.83. The Morgan fingerprint density at radius 3 is 2.43 bits per heavy atom. The van der Waals surface area contributed by atoms with Crippen LogP contribution in [-0.2, 0) is 0 Å². The van der Waals surface area contributed by atoms with Crippen molar-refractivity contribution in [2.45, 2.75) is 137 Å². The number of unbranched alkanes of at least 4 members (excludes halogenated alkanes) is 2. The third-order valence-corrected chi connectivity index (χ3v) is 12.0. The van der Waals surface area contributed by atoms with Gasteiger partial charge in [0.05, 0.1) is 6.10 Å². The molecule has 4 aliphatic carbocycles. The van der Waals surface area contributed by atoms with E-state index in [0.29, 0.717) is 16.7 Å². The van der Waals surface area contributed by atoms with Crippen molar-refractivity contribution in [1.29, 1.82) is 0 Å². The number of aliphatic hydroxyl groups excluding tert-OH is 2. The minimum Gasteiger partial charge on any atom is -0.396 e. The molecule has 0 spiro atoms. The molecule has 0 amide bonds. The topological polar surface area (TPSA) is 40.5 Å². The summed E-state index contributed by atoms with van der Waals surface area (Å²) < 4.78 is 0. The van der Waals surface area contributed by atoms with Crippen molar-refractivity contribution in [3.05, 3.63) is 11.6 Å². The van der Waals surface area contributed by atoms with Gasteiger partial charge >= 0.3 is 0 Å². The lowest BCUT2D eigenvalue weighted by Crippen LogP contribution is -2.51. The summed E-state index contributed by atoms with van der Waals surface area (Å²) >= 11 is 0. The second-order valence-electron chi connectivity index (χ2n) is 14.4. The van der Waals surface area contributed by atoms with E-state index in [1.165, 1.54) is 64.2 Å². The molecule has 9 atom stereocenters. The van der Waals surface area contributed by atoms with Crippen molar-refractivity contribution in [3.63, 3.8) is 0 Å². The van der Waals surface area contributed by atoms with Gasteiger partial charge in [0.2, 0.25) is 0 Å². The van der Waals surface area contributed by atoms with Crippen molar-refractivity contribution in [3.8, 4) is 0 Å². The molecule has 4 aliphatic rings. The van der Waals surface area contributed by atoms with Crippen LogP contribution in [0.5, 0.6) is 0 Å². The second kappa shape index (κ2) is 11.6. The zero-order valence-corrected chi connectivity index (χ0v) is 23.9. The van der Waals surface area contributed by atoms with E-state index in [2.05, 4.69) is 40.7 Å². The lowest BCUT2D eigenvalue weighted by molar-refractivity contribution is -0.0574. The Labute approximate surface area is 217 Å². The van der Waals surface area contributed by atoms with Crippen LogP contribution < -0.4 is 0 Å². The van der Waals surface area contributed by atoms with Gasteiger partial charge in [0.15, 0.2) is 0 Å². The second-order valence-corrected chi connectivity index (χ2v) is 14.4. The third kappa shape index (κ3) is 5.59. The van der Waals surface area contributed by atoms with Gasteiger partial charge in [-0.15, -0.1) is 0 Å². The van der Waals surface area contributed by atoms with E-state index in [1.807, 2.05) is 0 Å². The average molecular weight is 487 g/mol. The van der Waals surface area contributed by atoms with Gasteiger partial charge in [0, 0.05) is 6.61 Å². The molecule has 3 fully saturated rings. The van der Waals surface area contributed by atoms with Gasteiger partial charge in [0.1, 0.15) is 0 Å². The highest BCUT2D eigenvalue weighted by Gasteiger charge is 2.59. The Hall–Kier alpha value is -0.340. The van der Waals surface area contributed by atoms with Crippen LogP contribution in [0.1, 0.15) is 131 Å². The van der Waals surface area contributed by atoms with Gasteiger partial charge in [-0.2, -0.15) is 0 Å². The molecule has 35 heavy (non-hydrogen) atoms. The van der Waals surface area contributed by atoms with E-state index in [4.69, 9.17) is 5.11 Å². The van der Waals surface area contributed by atoms with E-state index < -0.39 is 0 Å². The molecule has 0 aromatic heterocycles. The number of aliphatic hydroxyl groups is 2. The molecule has 4 unspecified atom stereocenters. The largest absolute Gasteiger partial charge is 0.396 e. The normalized spacial score (nSPS) is 40.6. The van der Waals surface area contributed by atoms with Crippen LogP contribution in [-0.4, -0.2) is 22.9 Å². The molecule has 2 nitrogen and oxygen atoms in total. The maximum absolute atomic E-state index is 10.9. The van der Waals surface area contributed by atoms with E-state index >= 15 is 0 Å². The van der Waals surface area contributed by atoms with Gasteiger partial charge in [-0.3, -0.25) is 0 Å². The van der Waals surface area contributed by atoms with Crippen LogP contribution in [0.4, 0.5) is 0 Å². The smallest absolute Gasteiger partial charge is 0.0571 e. The van der Waals surface area contributed by atoms with Crippen LogP contribution in [0.25, 0.3) is 0 Å². The minimum absolute atomic E-state index is 0.153. The molecule has 3 saturated carbocycles. The third-order valence-electron chi connectivity index (χ3n) is 12.0. The van der Waals surface area contributed by atoms with Crippen LogP contribution in [0.15, 0.2) is 11.6 Å². The first kappa shape index (κ1) is 27.7. The number of hydrogen-bond donors (Lipinski definition) is 2. The first-order chi connectivity index (χ1) is 16.7. The van der Waals surface area contributed by atoms with Crippen molar-refractivity contribution in [2.75, 3.05) is 6.61 Å². The van der Waals surface area contributed by atoms with Crippen LogP contribution >= 0.6 is 0 Å². The Kier molecular flexibility index (Phi) is 9.17. The first-order valence-electron chi connectivity index (χ1n) is 15.7. The molecule has 0 heterocycles. The highest BCUT2D eigenvalue weighted by atomic mass is 16.3. The number of allylic oxidation sites excluding steroid dienone is 2. The quantitative estimate of drug-likeness (QED) is 0.227. The van der Waals surface area contributed by atoms with Crippen LogP contribution in [0.2, 0.25) is 0 Å². The predicted octanol–water partition coefficient (Wildman–Crippen LogP) is 8.56. The first-order valence-corrected chi connectivity index (χ1v) is 15.7. The highest BCUT2D eigenvalue weighted by Crippen LogP contribution is 2.67. The Morgan fingerprint density at radius 2 is 1.69 bits per heavy atom. The summed E-state index contributed by atoms with van der Waals surface area (Å²) in [5.41, 5.74) is 2.67. The number of rotatable bonds is 11. The zero-order valence-electron chi connectivity index (χ0n) is 23.9. The maximum atomic E-state index is 10.9. The summed E-state index contributed by atoms with van der Waals surface area (Å²) in [7, 11) is 0. The minimum atomic E-state index is -0.153. The lowest BCUT2D eigenvalue weighted by Gasteiger charge is -2.59. The maximum Gasteiger partial charge on any atom is 0.0571 e. The van der Waals surface area contributed by atoms with Gasteiger partial charge < -0.3 is 10.2 Å². The summed E-state index contributed by atoms with van der Waals surface area (Å²) in [6.07, 6.45) is 21.4. The van der Waals surface area contributed by atoms with Crippen molar-refractivity contribution < 1.29 is 10.2 Å². The Morgan fingerprint density at radius 1 is 0.886 bits per heavy atom. The molecule has 0 bridgehead atoms. The van der Waals surface area contributed by atoms with E-state index in [-0.39, 0.29) is 12.7 Å². The molecule has 2 heteroatoms. The molecule has 0 aliphatic heterocycles. The lowest BCUT2D eigenvalue weighted by atomic mass is 9.46. The number of fused-ring (bicyclic) bond motifs is 5. The fourth-order valence-electron chi connectivity index (χ4n) is 9.92.